The Balaban J connectivity index is 0.00000300. The molecule has 1 aliphatic rings. The van der Waals surface area contributed by atoms with Gasteiger partial charge < -0.3 is 24.4 Å². The van der Waals surface area contributed by atoms with Crippen LogP contribution in [0.15, 0.2) is 41.7 Å². The number of aromatic nitrogens is 3. The molecular formula is C20H32IN7O. The average molecular weight is 513 g/mol. The lowest BCUT2D eigenvalue weighted by Gasteiger charge is -2.37. The molecule has 29 heavy (non-hydrogen) atoms. The Hall–Kier alpha value is -1.88. The number of para-hydroxylation sites is 1. The van der Waals surface area contributed by atoms with Gasteiger partial charge in [-0.05, 0) is 12.1 Å². The molecule has 1 aromatic heterocycles. The average Bonchev–Trinajstić information content (AvgIpc) is 3.21. The number of piperazine rings is 1. The fourth-order valence-corrected chi connectivity index (χ4v) is 3.35. The first-order valence-electron chi connectivity index (χ1n) is 10.0. The summed E-state index contributed by atoms with van der Waals surface area (Å²) in [5.74, 6) is 1.96. The van der Waals surface area contributed by atoms with Gasteiger partial charge in [0.15, 0.2) is 5.96 Å². The van der Waals surface area contributed by atoms with Crippen molar-refractivity contribution in [2.45, 2.75) is 19.9 Å². The molecule has 8 nitrogen and oxygen atoms in total. The van der Waals surface area contributed by atoms with Crippen molar-refractivity contribution < 1.29 is 4.74 Å². The lowest BCUT2D eigenvalue weighted by atomic mass is 10.2. The minimum Gasteiger partial charge on any atom is -0.383 e. The normalized spacial score (nSPS) is 14.6. The van der Waals surface area contributed by atoms with Crippen LogP contribution in [0, 0.1) is 0 Å². The summed E-state index contributed by atoms with van der Waals surface area (Å²) in [6, 6.07) is 10.6. The fraction of sp³-hybridized carbons (Fsp3) is 0.550. The molecule has 2 heterocycles. The van der Waals surface area contributed by atoms with Crippen LogP contribution in [0.1, 0.15) is 12.7 Å². The van der Waals surface area contributed by atoms with Crippen molar-refractivity contribution >= 4 is 35.6 Å². The standard InChI is InChI=1S/C20H31N7O.HI/c1-3-19-24-23-17-27(19)11-9-21-20(22-10-16-28-2)26-14-12-25(13-15-26)18-7-5-4-6-8-18;/h4-8,17H,3,9-16H2,1-2H3,(H,21,22);1H. The van der Waals surface area contributed by atoms with E-state index in [0.717, 1.165) is 57.5 Å². The molecule has 0 radical (unpaired) electrons. The van der Waals surface area contributed by atoms with Gasteiger partial charge in [-0.2, -0.15) is 0 Å². The third-order valence-corrected chi connectivity index (χ3v) is 4.91. The molecule has 1 N–H and O–H groups in total. The highest BCUT2D eigenvalue weighted by atomic mass is 127. The van der Waals surface area contributed by atoms with Crippen molar-refractivity contribution in [2.24, 2.45) is 4.99 Å². The molecule has 0 atom stereocenters. The summed E-state index contributed by atoms with van der Waals surface area (Å²) in [5, 5.41) is 11.7. The van der Waals surface area contributed by atoms with Crippen LogP contribution in [0.25, 0.3) is 0 Å². The number of rotatable bonds is 8. The second kappa shape index (κ2) is 12.6. The Labute approximate surface area is 190 Å². The van der Waals surface area contributed by atoms with E-state index in [4.69, 9.17) is 9.73 Å². The summed E-state index contributed by atoms with van der Waals surface area (Å²) in [6.45, 7) is 8.85. The first-order valence-corrected chi connectivity index (χ1v) is 10.0. The van der Waals surface area contributed by atoms with Gasteiger partial charge in [0.05, 0.1) is 13.2 Å². The zero-order chi connectivity index (χ0) is 19.6. The smallest absolute Gasteiger partial charge is 0.194 e. The number of methoxy groups -OCH3 is 1. The molecule has 0 amide bonds. The maximum absolute atomic E-state index is 5.17. The third-order valence-electron chi connectivity index (χ3n) is 4.91. The lowest BCUT2D eigenvalue weighted by Crippen LogP contribution is -2.53. The number of hydrogen-bond donors (Lipinski definition) is 1. The number of nitrogens with zero attached hydrogens (tertiary/aromatic N) is 6. The molecule has 160 valence electrons. The molecule has 1 aliphatic heterocycles. The van der Waals surface area contributed by atoms with Crippen molar-refractivity contribution in [1.29, 1.82) is 0 Å². The summed E-state index contributed by atoms with van der Waals surface area (Å²) in [6.07, 6.45) is 2.68. The van der Waals surface area contributed by atoms with E-state index in [0.29, 0.717) is 13.2 Å². The summed E-state index contributed by atoms with van der Waals surface area (Å²) in [5.41, 5.74) is 1.28. The predicted molar refractivity (Wildman–Crippen MR) is 127 cm³/mol. The molecule has 0 unspecified atom stereocenters. The highest BCUT2D eigenvalue weighted by molar-refractivity contribution is 14.0. The van der Waals surface area contributed by atoms with E-state index in [1.165, 1.54) is 5.69 Å². The van der Waals surface area contributed by atoms with Crippen LogP contribution in [-0.4, -0.2) is 78.6 Å². The molecule has 1 saturated heterocycles. The monoisotopic (exact) mass is 513 g/mol. The number of ether oxygens (including phenoxy) is 1. The number of benzene rings is 1. The molecular weight excluding hydrogens is 481 g/mol. The molecule has 1 aromatic carbocycles. The maximum Gasteiger partial charge on any atom is 0.194 e. The summed E-state index contributed by atoms with van der Waals surface area (Å²) in [7, 11) is 1.71. The second-order valence-corrected chi connectivity index (χ2v) is 6.73. The number of aryl methyl sites for hydroxylation is 1. The first-order chi connectivity index (χ1) is 13.8. The van der Waals surface area contributed by atoms with E-state index in [1.807, 2.05) is 0 Å². The SMILES string of the molecule is CCc1nncn1CCNC(=NCCOC)N1CCN(c2ccccc2)CC1.I. The minimum atomic E-state index is 0. The highest BCUT2D eigenvalue weighted by Crippen LogP contribution is 2.15. The molecule has 3 rings (SSSR count). The van der Waals surface area contributed by atoms with Crippen LogP contribution < -0.4 is 10.2 Å². The van der Waals surface area contributed by atoms with E-state index in [1.54, 1.807) is 13.4 Å². The minimum absolute atomic E-state index is 0. The quantitative estimate of drug-likeness (QED) is 0.252. The zero-order valence-corrected chi connectivity index (χ0v) is 19.7. The Morgan fingerprint density at radius 1 is 1.17 bits per heavy atom. The summed E-state index contributed by atoms with van der Waals surface area (Å²) < 4.78 is 7.26. The molecule has 0 saturated carbocycles. The fourth-order valence-electron chi connectivity index (χ4n) is 3.35. The Morgan fingerprint density at radius 2 is 1.93 bits per heavy atom. The van der Waals surface area contributed by atoms with E-state index in [-0.39, 0.29) is 24.0 Å². The van der Waals surface area contributed by atoms with Gasteiger partial charge in [-0.3, -0.25) is 4.99 Å². The van der Waals surface area contributed by atoms with E-state index < -0.39 is 0 Å². The van der Waals surface area contributed by atoms with Crippen LogP contribution in [0.4, 0.5) is 5.69 Å². The van der Waals surface area contributed by atoms with Gasteiger partial charge in [0.2, 0.25) is 0 Å². The van der Waals surface area contributed by atoms with Gasteiger partial charge in [0, 0.05) is 58.5 Å². The number of nitrogens with one attached hydrogen (secondary N) is 1. The molecule has 0 bridgehead atoms. The van der Waals surface area contributed by atoms with Gasteiger partial charge in [0.25, 0.3) is 0 Å². The molecule has 0 spiro atoms. The Morgan fingerprint density at radius 3 is 2.62 bits per heavy atom. The number of guanidine groups is 1. The van der Waals surface area contributed by atoms with Crippen LogP contribution in [0.3, 0.4) is 0 Å². The van der Waals surface area contributed by atoms with Gasteiger partial charge in [-0.1, -0.05) is 25.1 Å². The second-order valence-electron chi connectivity index (χ2n) is 6.73. The van der Waals surface area contributed by atoms with Crippen molar-refractivity contribution in [3.63, 3.8) is 0 Å². The predicted octanol–water partition coefficient (Wildman–Crippen LogP) is 1.87. The van der Waals surface area contributed by atoms with Gasteiger partial charge >= 0.3 is 0 Å². The van der Waals surface area contributed by atoms with E-state index in [2.05, 4.69) is 67.1 Å². The van der Waals surface area contributed by atoms with Gasteiger partial charge in [-0.15, -0.1) is 34.2 Å². The lowest BCUT2D eigenvalue weighted by molar-refractivity contribution is 0.207. The molecule has 1 fully saturated rings. The van der Waals surface area contributed by atoms with Gasteiger partial charge in [-0.25, -0.2) is 0 Å². The van der Waals surface area contributed by atoms with Crippen LogP contribution in [-0.2, 0) is 17.7 Å². The number of halogens is 1. The van der Waals surface area contributed by atoms with E-state index >= 15 is 0 Å². The Bertz CT molecular complexity index is 729. The first kappa shape index (κ1) is 23.4. The largest absolute Gasteiger partial charge is 0.383 e. The van der Waals surface area contributed by atoms with Crippen molar-refractivity contribution in [3.05, 3.63) is 42.5 Å². The topological polar surface area (TPSA) is 70.8 Å². The van der Waals surface area contributed by atoms with Crippen LogP contribution >= 0.6 is 24.0 Å². The molecule has 2 aromatic rings. The number of hydrogen-bond acceptors (Lipinski definition) is 5. The highest BCUT2D eigenvalue weighted by Gasteiger charge is 2.20. The molecule has 0 aliphatic carbocycles. The maximum atomic E-state index is 5.17. The number of aliphatic imine (C=N–C) groups is 1. The zero-order valence-electron chi connectivity index (χ0n) is 17.3. The third kappa shape index (κ3) is 6.84. The van der Waals surface area contributed by atoms with Crippen molar-refractivity contribution in [2.75, 3.05) is 57.9 Å². The number of anilines is 1. The van der Waals surface area contributed by atoms with Crippen LogP contribution in [0.2, 0.25) is 0 Å². The summed E-state index contributed by atoms with van der Waals surface area (Å²) in [4.78, 5) is 9.50. The molecule has 9 heteroatoms. The Kier molecular flexibility index (Phi) is 10.2. The van der Waals surface area contributed by atoms with Crippen molar-refractivity contribution in [1.82, 2.24) is 25.0 Å². The van der Waals surface area contributed by atoms with E-state index in [9.17, 15) is 0 Å². The van der Waals surface area contributed by atoms with Crippen molar-refractivity contribution in [3.8, 4) is 0 Å². The van der Waals surface area contributed by atoms with Gasteiger partial charge in [0.1, 0.15) is 12.2 Å². The van der Waals surface area contributed by atoms with Crippen LogP contribution in [0.5, 0.6) is 0 Å². The summed E-state index contributed by atoms with van der Waals surface area (Å²) >= 11 is 0.